The minimum Gasteiger partial charge on any atom is -0.334 e. The molecule has 3 rings (SSSR count). The van der Waals surface area contributed by atoms with Gasteiger partial charge in [-0.2, -0.15) is 4.98 Å². The van der Waals surface area contributed by atoms with Crippen LogP contribution in [0, 0.1) is 20.8 Å². The van der Waals surface area contributed by atoms with E-state index in [1.54, 1.807) is 0 Å². The summed E-state index contributed by atoms with van der Waals surface area (Å²) in [6.45, 7) is 8.04. The molecule has 0 amide bonds. The second-order valence-corrected chi connectivity index (χ2v) is 5.80. The Morgan fingerprint density at radius 1 is 0.826 bits per heavy atom. The van der Waals surface area contributed by atoms with Gasteiger partial charge in [0.2, 0.25) is 5.82 Å². The lowest BCUT2D eigenvalue weighted by atomic mass is 10.1. The maximum Gasteiger partial charge on any atom is 0.258 e. The molecule has 0 fully saturated rings. The number of hydrogen-bond donors (Lipinski definition) is 0. The Kier molecular flexibility index (Phi) is 4.19. The highest BCUT2D eigenvalue weighted by Gasteiger charge is 2.13. The van der Waals surface area contributed by atoms with Crippen molar-refractivity contribution in [2.45, 2.75) is 40.5 Å². The molecule has 0 bridgehead atoms. The maximum absolute atomic E-state index is 5.46. The van der Waals surface area contributed by atoms with E-state index in [2.05, 4.69) is 27.0 Å². The van der Waals surface area contributed by atoms with Gasteiger partial charge < -0.3 is 4.52 Å². The Bertz CT molecular complexity index is 819. The van der Waals surface area contributed by atoms with Gasteiger partial charge in [-0.3, -0.25) is 9.97 Å². The van der Waals surface area contributed by atoms with E-state index < -0.39 is 0 Å². The molecule has 0 saturated carbocycles. The van der Waals surface area contributed by atoms with Crippen molar-refractivity contribution in [2.24, 2.45) is 0 Å². The molecule has 0 N–H and O–H groups in total. The molecule has 118 valence electrons. The summed E-state index contributed by atoms with van der Waals surface area (Å²) in [5.41, 5.74) is 5.73. The van der Waals surface area contributed by atoms with Gasteiger partial charge in [0.25, 0.3) is 5.89 Å². The molecule has 0 aliphatic rings. The molecule has 0 aliphatic heterocycles. The van der Waals surface area contributed by atoms with E-state index in [1.807, 2.05) is 45.0 Å². The van der Waals surface area contributed by atoms with E-state index >= 15 is 0 Å². The highest BCUT2D eigenvalue weighted by Crippen LogP contribution is 2.24. The van der Waals surface area contributed by atoms with Crippen molar-refractivity contribution in [3.8, 4) is 22.8 Å². The molecule has 0 unspecified atom stereocenters. The van der Waals surface area contributed by atoms with Gasteiger partial charge in [0.15, 0.2) is 0 Å². The fraction of sp³-hybridized carbons (Fsp3) is 0.333. The number of aromatic nitrogens is 4. The van der Waals surface area contributed by atoms with Crippen molar-refractivity contribution in [1.29, 1.82) is 0 Å². The third-order valence-corrected chi connectivity index (χ3v) is 3.53. The zero-order valence-corrected chi connectivity index (χ0v) is 13.9. The molecule has 5 nitrogen and oxygen atoms in total. The first-order chi connectivity index (χ1) is 11.0. The lowest BCUT2D eigenvalue weighted by molar-refractivity contribution is 0.432. The molecule has 0 aliphatic carbocycles. The van der Waals surface area contributed by atoms with Gasteiger partial charge in [-0.05, 0) is 51.5 Å². The van der Waals surface area contributed by atoms with Crippen molar-refractivity contribution < 1.29 is 4.52 Å². The number of aryl methyl sites for hydroxylation is 4. The van der Waals surface area contributed by atoms with Crippen LogP contribution in [0.25, 0.3) is 22.8 Å². The van der Waals surface area contributed by atoms with E-state index in [0.29, 0.717) is 11.7 Å². The third kappa shape index (κ3) is 3.44. The summed E-state index contributed by atoms with van der Waals surface area (Å²) in [7, 11) is 0. The number of pyridine rings is 2. The Hall–Kier alpha value is -2.56. The van der Waals surface area contributed by atoms with E-state index in [9.17, 15) is 0 Å². The number of rotatable bonds is 4. The minimum atomic E-state index is 0.523. The number of hydrogen-bond acceptors (Lipinski definition) is 5. The second-order valence-electron chi connectivity index (χ2n) is 5.80. The standard InChI is InChI=1S/C18H20N4O/c1-5-6-16-10-15(9-13(4)20-16)18-21-17(22-23-18)14-7-11(2)19-12(3)8-14/h7-10H,5-6H2,1-4H3. The lowest BCUT2D eigenvalue weighted by Crippen LogP contribution is -1.93. The second kappa shape index (κ2) is 6.28. The van der Waals surface area contributed by atoms with Crippen LogP contribution in [0.5, 0.6) is 0 Å². The molecule has 3 aromatic heterocycles. The van der Waals surface area contributed by atoms with Crippen LogP contribution in [0.3, 0.4) is 0 Å². The summed E-state index contributed by atoms with van der Waals surface area (Å²) in [5.74, 6) is 1.11. The van der Waals surface area contributed by atoms with Gasteiger partial charge >= 0.3 is 0 Å². The molecule has 0 atom stereocenters. The van der Waals surface area contributed by atoms with Crippen molar-refractivity contribution in [2.75, 3.05) is 0 Å². The van der Waals surface area contributed by atoms with Crippen LogP contribution < -0.4 is 0 Å². The molecule has 0 radical (unpaired) electrons. The monoisotopic (exact) mass is 308 g/mol. The minimum absolute atomic E-state index is 0.523. The zero-order chi connectivity index (χ0) is 16.4. The smallest absolute Gasteiger partial charge is 0.258 e. The molecule has 5 heteroatoms. The summed E-state index contributed by atoms with van der Waals surface area (Å²) in [6.07, 6.45) is 2.00. The van der Waals surface area contributed by atoms with Crippen LogP contribution in [0.2, 0.25) is 0 Å². The average Bonchev–Trinajstić information content (AvgIpc) is 2.96. The van der Waals surface area contributed by atoms with Crippen LogP contribution in [0.1, 0.15) is 36.1 Å². The summed E-state index contributed by atoms with van der Waals surface area (Å²) >= 11 is 0. The van der Waals surface area contributed by atoms with Gasteiger partial charge in [-0.1, -0.05) is 18.5 Å². The van der Waals surface area contributed by atoms with Crippen LogP contribution in [0.4, 0.5) is 0 Å². The summed E-state index contributed by atoms with van der Waals surface area (Å²) in [4.78, 5) is 13.5. The zero-order valence-electron chi connectivity index (χ0n) is 13.9. The van der Waals surface area contributed by atoms with E-state index in [1.165, 1.54) is 0 Å². The van der Waals surface area contributed by atoms with Gasteiger partial charge in [-0.15, -0.1) is 0 Å². The van der Waals surface area contributed by atoms with Crippen molar-refractivity contribution in [3.05, 3.63) is 47.0 Å². The van der Waals surface area contributed by atoms with Crippen molar-refractivity contribution in [3.63, 3.8) is 0 Å². The molecule has 0 saturated heterocycles. The number of nitrogens with zero attached hydrogens (tertiary/aromatic N) is 4. The normalized spacial score (nSPS) is 11.0. The Morgan fingerprint density at radius 2 is 1.48 bits per heavy atom. The third-order valence-electron chi connectivity index (χ3n) is 3.53. The highest BCUT2D eigenvalue weighted by atomic mass is 16.5. The fourth-order valence-electron chi connectivity index (χ4n) is 2.67. The molecule has 0 spiro atoms. The Labute approximate surface area is 135 Å². The van der Waals surface area contributed by atoms with Gasteiger partial charge in [0.1, 0.15) is 0 Å². The fourth-order valence-corrected chi connectivity index (χ4v) is 2.67. The van der Waals surface area contributed by atoms with Crippen LogP contribution in [-0.2, 0) is 6.42 Å². The van der Waals surface area contributed by atoms with Crippen LogP contribution in [0.15, 0.2) is 28.8 Å². The first kappa shape index (κ1) is 15.3. The van der Waals surface area contributed by atoms with E-state index in [0.717, 1.165) is 46.7 Å². The van der Waals surface area contributed by atoms with E-state index in [4.69, 9.17) is 4.52 Å². The summed E-state index contributed by atoms with van der Waals surface area (Å²) < 4.78 is 5.46. The van der Waals surface area contributed by atoms with Gasteiger partial charge in [0, 0.05) is 33.9 Å². The SMILES string of the molecule is CCCc1cc(-c2nc(-c3cc(C)nc(C)c3)no2)cc(C)n1. The van der Waals surface area contributed by atoms with Gasteiger partial charge in [-0.25, -0.2) is 0 Å². The molecular weight excluding hydrogens is 288 g/mol. The average molecular weight is 308 g/mol. The Morgan fingerprint density at radius 3 is 2.17 bits per heavy atom. The van der Waals surface area contributed by atoms with Crippen LogP contribution >= 0.6 is 0 Å². The highest BCUT2D eigenvalue weighted by molar-refractivity contribution is 5.60. The van der Waals surface area contributed by atoms with Crippen LogP contribution in [-0.4, -0.2) is 20.1 Å². The molecule has 3 heterocycles. The largest absolute Gasteiger partial charge is 0.334 e. The summed E-state index contributed by atoms with van der Waals surface area (Å²) in [6, 6.07) is 7.92. The first-order valence-corrected chi connectivity index (χ1v) is 7.82. The van der Waals surface area contributed by atoms with Crippen molar-refractivity contribution in [1.82, 2.24) is 20.1 Å². The van der Waals surface area contributed by atoms with Gasteiger partial charge in [0.05, 0.1) is 0 Å². The van der Waals surface area contributed by atoms with Crippen molar-refractivity contribution >= 4 is 0 Å². The topological polar surface area (TPSA) is 64.7 Å². The lowest BCUT2D eigenvalue weighted by Gasteiger charge is -2.02. The predicted molar refractivity (Wildman–Crippen MR) is 89.0 cm³/mol. The molecule has 3 aromatic rings. The predicted octanol–water partition coefficient (Wildman–Crippen LogP) is 4.07. The molecular formula is C18H20N4O. The summed E-state index contributed by atoms with van der Waals surface area (Å²) in [5, 5.41) is 4.12. The molecule has 0 aromatic carbocycles. The first-order valence-electron chi connectivity index (χ1n) is 7.82. The quantitative estimate of drug-likeness (QED) is 0.727. The maximum atomic E-state index is 5.46. The molecule has 23 heavy (non-hydrogen) atoms. The Balaban J connectivity index is 1.98. The van der Waals surface area contributed by atoms with E-state index in [-0.39, 0.29) is 0 Å².